The summed E-state index contributed by atoms with van der Waals surface area (Å²) in [6.45, 7) is 4.45. The fourth-order valence-corrected chi connectivity index (χ4v) is 6.56. The van der Waals surface area contributed by atoms with Crippen LogP contribution >= 0.6 is 0 Å². The van der Waals surface area contributed by atoms with Crippen molar-refractivity contribution in [1.29, 1.82) is 0 Å². The number of nitrogens with one attached hydrogen (secondary N) is 1. The van der Waals surface area contributed by atoms with Crippen molar-refractivity contribution in [2.45, 2.75) is 31.5 Å². The molecule has 6 rings (SSSR count). The number of aryl methyl sites for hydroxylation is 2. The van der Waals surface area contributed by atoms with Gasteiger partial charge in [-0.2, -0.15) is 0 Å². The summed E-state index contributed by atoms with van der Waals surface area (Å²) in [5.74, 6) is 0.370. The highest BCUT2D eigenvalue weighted by Gasteiger charge is 2.40. The van der Waals surface area contributed by atoms with E-state index in [1.54, 1.807) is 36.3 Å². The molecule has 7 nitrogen and oxygen atoms in total. The van der Waals surface area contributed by atoms with Gasteiger partial charge in [-0.3, -0.25) is 14.4 Å². The Hall–Kier alpha value is -5.08. The third kappa shape index (κ3) is 5.76. The molecule has 0 fully saturated rings. The molecule has 44 heavy (non-hydrogen) atoms. The Morgan fingerprint density at radius 3 is 2.05 bits per heavy atom. The smallest absolute Gasteiger partial charge is 0.262 e. The van der Waals surface area contributed by atoms with Gasteiger partial charge in [-0.1, -0.05) is 77.9 Å². The molecule has 0 aromatic heterocycles. The summed E-state index contributed by atoms with van der Waals surface area (Å²) in [6.07, 6.45) is -0.502. The highest BCUT2D eigenvalue weighted by molar-refractivity contribution is 7.92. The summed E-state index contributed by atoms with van der Waals surface area (Å²) in [4.78, 5) is 18.4. The molecule has 0 saturated heterocycles. The number of ether oxygens (including phenoxy) is 1. The SMILES string of the molecule is COc1ccc(N2C(=O)c3cc(S(=O)(=O)Nc4ccc(C)cc4)ccc3N(Cc3ccccc3)[C@H]2c2ccc(C)cc2)cc1. The lowest BCUT2D eigenvalue weighted by Crippen LogP contribution is -2.49. The zero-order valence-corrected chi connectivity index (χ0v) is 25.6. The lowest BCUT2D eigenvalue weighted by atomic mass is 9.98. The van der Waals surface area contributed by atoms with E-state index in [4.69, 9.17) is 4.74 Å². The van der Waals surface area contributed by atoms with Crippen molar-refractivity contribution in [3.63, 3.8) is 0 Å². The summed E-state index contributed by atoms with van der Waals surface area (Å²) >= 11 is 0. The molecule has 1 atom stereocenters. The fraction of sp³-hybridized carbons (Fsp3) is 0.139. The van der Waals surface area contributed by atoms with Crippen LogP contribution in [0.2, 0.25) is 0 Å². The average Bonchev–Trinajstić information content (AvgIpc) is 3.04. The predicted molar refractivity (Wildman–Crippen MR) is 175 cm³/mol. The van der Waals surface area contributed by atoms with E-state index in [1.807, 2.05) is 105 Å². The van der Waals surface area contributed by atoms with Crippen LogP contribution in [-0.2, 0) is 16.6 Å². The third-order valence-electron chi connectivity index (χ3n) is 7.80. The van der Waals surface area contributed by atoms with Gasteiger partial charge in [-0.15, -0.1) is 0 Å². The maximum absolute atomic E-state index is 14.5. The molecule has 5 aromatic rings. The van der Waals surface area contributed by atoms with Crippen molar-refractivity contribution in [3.05, 3.63) is 149 Å². The topological polar surface area (TPSA) is 78.9 Å². The van der Waals surface area contributed by atoms with Gasteiger partial charge in [-0.05, 0) is 79.6 Å². The van der Waals surface area contributed by atoms with E-state index in [1.165, 1.54) is 6.07 Å². The second kappa shape index (κ2) is 11.9. The first-order valence-corrected chi connectivity index (χ1v) is 15.8. The zero-order valence-electron chi connectivity index (χ0n) is 24.8. The zero-order chi connectivity index (χ0) is 30.8. The summed E-state index contributed by atoms with van der Waals surface area (Å²) in [6, 6.07) is 37.4. The van der Waals surface area contributed by atoms with Gasteiger partial charge in [0.25, 0.3) is 15.9 Å². The predicted octanol–water partition coefficient (Wildman–Crippen LogP) is 7.48. The second-order valence-corrected chi connectivity index (χ2v) is 12.6. The van der Waals surface area contributed by atoms with Crippen molar-refractivity contribution in [1.82, 2.24) is 0 Å². The average molecular weight is 604 g/mol. The number of carbonyl (C=O) groups is 1. The molecular weight excluding hydrogens is 570 g/mol. The van der Waals surface area contributed by atoms with E-state index in [2.05, 4.69) is 9.62 Å². The van der Waals surface area contributed by atoms with Gasteiger partial charge in [0.05, 0.1) is 23.3 Å². The number of hydrogen-bond acceptors (Lipinski definition) is 5. The molecule has 0 unspecified atom stereocenters. The number of amides is 1. The van der Waals surface area contributed by atoms with Crippen LogP contribution in [0.25, 0.3) is 0 Å². The lowest BCUT2D eigenvalue weighted by Gasteiger charge is -2.46. The first-order valence-electron chi connectivity index (χ1n) is 14.3. The third-order valence-corrected chi connectivity index (χ3v) is 9.18. The van der Waals surface area contributed by atoms with Gasteiger partial charge < -0.3 is 9.64 Å². The number of carbonyl (C=O) groups excluding carboxylic acids is 1. The van der Waals surface area contributed by atoms with E-state index >= 15 is 0 Å². The molecule has 1 N–H and O–H groups in total. The number of methoxy groups -OCH3 is 1. The number of hydrogen-bond donors (Lipinski definition) is 1. The number of fused-ring (bicyclic) bond motifs is 1. The molecular formula is C36H33N3O4S. The normalized spacial score (nSPS) is 14.7. The van der Waals surface area contributed by atoms with Crippen molar-refractivity contribution in [2.24, 2.45) is 0 Å². The number of nitrogens with zero attached hydrogens (tertiary/aromatic N) is 2. The monoisotopic (exact) mass is 603 g/mol. The van der Waals surface area contributed by atoms with Gasteiger partial charge in [0, 0.05) is 17.9 Å². The van der Waals surface area contributed by atoms with E-state index in [9.17, 15) is 13.2 Å². The minimum Gasteiger partial charge on any atom is -0.497 e. The molecule has 1 aliphatic rings. The summed E-state index contributed by atoms with van der Waals surface area (Å²) in [5.41, 5.74) is 6.18. The molecule has 1 heterocycles. The van der Waals surface area contributed by atoms with E-state index < -0.39 is 16.2 Å². The van der Waals surface area contributed by atoms with Gasteiger partial charge in [-0.25, -0.2) is 8.42 Å². The van der Waals surface area contributed by atoms with Gasteiger partial charge in [0.15, 0.2) is 0 Å². The molecule has 0 saturated carbocycles. The Kier molecular flexibility index (Phi) is 7.84. The Bertz CT molecular complexity index is 1890. The Labute approximate surface area is 258 Å². The van der Waals surface area contributed by atoms with Crippen LogP contribution in [0.3, 0.4) is 0 Å². The highest BCUT2D eigenvalue weighted by atomic mass is 32.2. The van der Waals surface area contributed by atoms with Crippen molar-refractivity contribution >= 4 is 33.0 Å². The van der Waals surface area contributed by atoms with E-state index in [-0.39, 0.29) is 10.8 Å². The number of rotatable bonds is 8. The fourth-order valence-electron chi connectivity index (χ4n) is 5.47. The van der Waals surface area contributed by atoms with Crippen molar-refractivity contribution in [3.8, 4) is 5.75 Å². The molecule has 0 bridgehead atoms. The first-order chi connectivity index (χ1) is 21.2. The Balaban J connectivity index is 1.51. The van der Waals surface area contributed by atoms with Crippen molar-refractivity contribution in [2.75, 3.05) is 21.6 Å². The summed E-state index contributed by atoms with van der Waals surface area (Å²) < 4.78 is 35.1. The molecule has 0 aliphatic carbocycles. The number of sulfonamides is 1. The van der Waals surface area contributed by atoms with Crippen LogP contribution in [0.5, 0.6) is 5.75 Å². The van der Waals surface area contributed by atoms with Crippen LogP contribution < -0.4 is 19.3 Å². The second-order valence-electron chi connectivity index (χ2n) is 10.9. The van der Waals surface area contributed by atoms with Gasteiger partial charge in [0.1, 0.15) is 11.9 Å². The highest BCUT2D eigenvalue weighted by Crippen LogP contribution is 2.43. The molecule has 5 aromatic carbocycles. The molecule has 8 heteroatoms. The van der Waals surface area contributed by atoms with Crippen LogP contribution in [0, 0.1) is 13.8 Å². The number of anilines is 3. The van der Waals surface area contributed by atoms with Crippen molar-refractivity contribution < 1.29 is 17.9 Å². The molecule has 1 amide bonds. The minimum atomic E-state index is -3.98. The van der Waals surface area contributed by atoms with Gasteiger partial charge >= 0.3 is 0 Å². The summed E-state index contributed by atoms with van der Waals surface area (Å²) in [5, 5.41) is 0. The molecule has 222 valence electrons. The van der Waals surface area contributed by atoms with E-state index in [0.717, 1.165) is 22.3 Å². The Morgan fingerprint density at radius 2 is 1.41 bits per heavy atom. The molecule has 0 radical (unpaired) electrons. The summed E-state index contributed by atoms with van der Waals surface area (Å²) in [7, 11) is -2.38. The Morgan fingerprint density at radius 1 is 0.773 bits per heavy atom. The quantitative estimate of drug-likeness (QED) is 0.199. The molecule has 1 aliphatic heterocycles. The standard InChI is InChI=1S/C36H33N3O4S/c1-25-9-13-28(14-10-25)35-38(24-27-7-5-4-6-8-27)34-22-21-32(44(41,42)37-29-15-11-26(2)12-16-29)23-33(34)36(40)39(35)30-17-19-31(43-3)20-18-30/h4-23,35,37H,24H2,1-3H3/t35-/m1/s1. The van der Waals surface area contributed by atoms with Crippen LogP contribution in [-0.4, -0.2) is 21.4 Å². The van der Waals surface area contributed by atoms with E-state index in [0.29, 0.717) is 34.9 Å². The minimum absolute atomic E-state index is 0.00769. The van der Waals surface area contributed by atoms with Gasteiger partial charge in [0.2, 0.25) is 0 Å². The maximum atomic E-state index is 14.5. The van der Waals surface area contributed by atoms with Crippen LogP contribution in [0.4, 0.5) is 17.1 Å². The largest absolute Gasteiger partial charge is 0.497 e. The molecule has 0 spiro atoms. The number of benzene rings is 5. The first kappa shape index (κ1) is 29.0. The lowest BCUT2D eigenvalue weighted by molar-refractivity contribution is 0.0968. The van der Waals surface area contributed by atoms with Crippen LogP contribution in [0.15, 0.2) is 126 Å². The maximum Gasteiger partial charge on any atom is 0.262 e. The van der Waals surface area contributed by atoms with Crippen LogP contribution in [0.1, 0.15) is 38.8 Å².